The van der Waals surface area contributed by atoms with Gasteiger partial charge in [0.25, 0.3) is 0 Å². The number of ether oxygens (including phenoxy) is 2. The van der Waals surface area contributed by atoms with Gasteiger partial charge in [-0.1, -0.05) is 6.08 Å². The van der Waals surface area contributed by atoms with Gasteiger partial charge >= 0.3 is 6.61 Å². The van der Waals surface area contributed by atoms with Crippen LogP contribution < -0.4 is 0 Å². The van der Waals surface area contributed by atoms with E-state index in [4.69, 9.17) is 4.74 Å². The molecule has 2 atom stereocenters. The third-order valence-corrected chi connectivity index (χ3v) is 2.12. The van der Waals surface area contributed by atoms with Crippen molar-refractivity contribution in [3.8, 4) is 0 Å². The Balaban J connectivity index is 2.66. The van der Waals surface area contributed by atoms with E-state index in [0.717, 1.165) is 0 Å². The standard InChI is InChI=1S/C10H12F2O3/c1-14-9(6-13)7-3-2-4-8(5-7)15-10(11)12/h2,4-7,9-10H,3H2,1H3. The van der Waals surface area contributed by atoms with Crippen molar-refractivity contribution in [3.05, 3.63) is 24.0 Å². The molecule has 1 rings (SSSR count). The molecule has 1 aliphatic carbocycles. The molecule has 0 saturated carbocycles. The van der Waals surface area contributed by atoms with Crippen LogP contribution in [0.5, 0.6) is 0 Å². The largest absolute Gasteiger partial charge is 0.435 e. The molecular formula is C10H12F2O3. The summed E-state index contributed by atoms with van der Waals surface area (Å²) in [7, 11) is 1.40. The van der Waals surface area contributed by atoms with E-state index in [0.29, 0.717) is 12.7 Å². The van der Waals surface area contributed by atoms with Gasteiger partial charge < -0.3 is 14.3 Å². The second-order valence-corrected chi connectivity index (χ2v) is 3.09. The van der Waals surface area contributed by atoms with Crippen LogP contribution in [0.15, 0.2) is 24.0 Å². The first-order valence-electron chi connectivity index (χ1n) is 4.48. The maximum Gasteiger partial charge on any atom is 0.387 e. The molecule has 3 nitrogen and oxygen atoms in total. The molecular weight excluding hydrogens is 206 g/mol. The quantitative estimate of drug-likeness (QED) is 0.661. The van der Waals surface area contributed by atoms with Gasteiger partial charge in [-0.2, -0.15) is 8.78 Å². The van der Waals surface area contributed by atoms with Crippen LogP contribution in [0.25, 0.3) is 0 Å². The predicted octanol–water partition coefficient (Wildman–Crippen LogP) is 1.90. The molecule has 0 aromatic heterocycles. The topological polar surface area (TPSA) is 35.5 Å². The van der Waals surface area contributed by atoms with E-state index >= 15 is 0 Å². The summed E-state index contributed by atoms with van der Waals surface area (Å²) < 4.78 is 33.0. The van der Waals surface area contributed by atoms with Crippen molar-refractivity contribution in [1.29, 1.82) is 0 Å². The van der Waals surface area contributed by atoms with E-state index in [1.54, 1.807) is 6.08 Å². The highest BCUT2D eigenvalue weighted by Gasteiger charge is 2.21. The molecule has 0 N–H and O–H groups in total. The normalized spacial score (nSPS) is 22.4. The number of allylic oxidation sites excluding steroid dienone is 2. The fourth-order valence-electron chi connectivity index (χ4n) is 1.42. The Kier molecular flexibility index (Phi) is 4.42. The number of carbonyl (C=O) groups excluding carboxylic acids is 1. The maximum absolute atomic E-state index is 11.9. The molecule has 0 aliphatic heterocycles. The van der Waals surface area contributed by atoms with Crippen LogP contribution in [0.1, 0.15) is 6.42 Å². The van der Waals surface area contributed by atoms with Crippen molar-refractivity contribution in [1.82, 2.24) is 0 Å². The van der Waals surface area contributed by atoms with Gasteiger partial charge in [0.2, 0.25) is 0 Å². The lowest BCUT2D eigenvalue weighted by atomic mass is 9.95. The van der Waals surface area contributed by atoms with Gasteiger partial charge in [0.15, 0.2) is 0 Å². The molecule has 0 amide bonds. The zero-order valence-electron chi connectivity index (χ0n) is 8.23. The van der Waals surface area contributed by atoms with Crippen LogP contribution in [0.3, 0.4) is 0 Å². The van der Waals surface area contributed by atoms with Gasteiger partial charge in [-0.15, -0.1) is 0 Å². The van der Waals surface area contributed by atoms with E-state index in [1.807, 2.05) is 0 Å². The molecule has 0 radical (unpaired) electrons. The Morgan fingerprint density at radius 3 is 2.87 bits per heavy atom. The zero-order chi connectivity index (χ0) is 11.3. The van der Waals surface area contributed by atoms with Crippen LogP contribution in [0.2, 0.25) is 0 Å². The third kappa shape index (κ3) is 3.43. The summed E-state index contributed by atoms with van der Waals surface area (Å²) in [5.74, 6) is -0.170. The average Bonchev–Trinajstić information content (AvgIpc) is 2.19. The highest BCUT2D eigenvalue weighted by Crippen LogP contribution is 2.22. The van der Waals surface area contributed by atoms with Gasteiger partial charge in [-0.3, -0.25) is 0 Å². The van der Waals surface area contributed by atoms with Crippen molar-refractivity contribution >= 4 is 6.29 Å². The van der Waals surface area contributed by atoms with Gasteiger partial charge in [0.1, 0.15) is 18.1 Å². The Morgan fingerprint density at radius 1 is 1.60 bits per heavy atom. The van der Waals surface area contributed by atoms with Crippen molar-refractivity contribution in [2.75, 3.05) is 7.11 Å². The molecule has 15 heavy (non-hydrogen) atoms. The molecule has 84 valence electrons. The molecule has 0 fully saturated rings. The average molecular weight is 218 g/mol. The van der Waals surface area contributed by atoms with Crippen molar-refractivity contribution < 1.29 is 23.0 Å². The summed E-state index contributed by atoms with van der Waals surface area (Å²) in [6, 6.07) is 0. The van der Waals surface area contributed by atoms with Crippen molar-refractivity contribution in [2.45, 2.75) is 19.1 Å². The monoisotopic (exact) mass is 218 g/mol. The maximum atomic E-state index is 11.9. The fourth-order valence-corrected chi connectivity index (χ4v) is 1.42. The van der Waals surface area contributed by atoms with E-state index < -0.39 is 12.7 Å². The third-order valence-electron chi connectivity index (χ3n) is 2.12. The number of aldehydes is 1. The molecule has 0 aromatic carbocycles. The minimum absolute atomic E-state index is 0.0742. The fraction of sp³-hybridized carbons (Fsp3) is 0.500. The second-order valence-electron chi connectivity index (χ2n) is 3.09. The lowest BCUT2D eigenvalue weighted by Crippen LogP contribution is -2.24. The second kappa shape index (κ2) is 5.60. The highest BCUT2D eigenvalue weighted by molar-refractivity contribution is 5.57. The van der Waals surface area contributed by atoms with E-state index in [-0.39, 0.29) is 11.7 Å². The van der Waals surface area contributed by atoms with E-state index in [2.05, 4.69) is 4.74 Å². The van der Waals surface area contributed by atoms with E-state index in [9.17, 15) is 13.6 Å². The Hall–Kier alpha value is -1.23. The van der Waals surface area contributed by atoms with Crippen molar-refractivity contribution in [2.24, 2.45) is 5.92 Å². The smallest absolute Gasteiger partial charge is 0.387 e. The first kappa shape index (κ1) is 11.8. The van der Waals surface area contributed by atoms with Crippen LogP contribution >= 0.6 is 0 Å². The Labute approximate surface area is 86.4 Å². The molecule has 0 heterocycles. The van der Waals surface area contributed by atoms with Gasteiger partial charge in [-0.25, -0.2) is 0 Å². The number of halogens is 2. The SMILES string of the molecule is COC(C=O)C1C=C(OC(F)F)C=CC1. The van der Waals surface area contributed by atoms with E-state index in [1.165, 1.54) is 19.3 Å². The van der Waals surface area contributed by atoms with Gasteiger partial charge in [0.05, 0.1) is 0 Å². The van der Waals surface area contributed by atoms with Crippen LogP contribution in [-0.2, 0) is 14.3 Å². The summed E-state index contributed by atoms with van der Waals surface area (Å²) in [6.07, 6.45) is 5.23. The van der Waals surface area contributed by atoms with Crippen LogP contribution in [-0.4, -0.2) is 26.1 Å². The number of alkyl halides is 2. The number of rotatable bonds is 5. The summed E-state index contributed by atoms with van der Waals surface area (Å²) in [4.78, 5) is 10.6. The highest BCUT2D eigenvalue weighted by atomic mass is 19.3. The van der Waals surface area contributed by atoms with Gasteiger partial charge in [0, 0.05) is 13.0 Å². The zero-order valence-corrected chi connectivity index (χ0v) is 8.23. The summed E-state index contributed by atoms with van der Waals surface area (Å²) in [6.45, 7) is -2.85. The summed E-state index contributed by atoms with van der Waals surface area (Å²) >= 11 is 0. The number of methoxy groups -OCH3 is 1. The Morgan fingerprint density at radius 2 is 2.33 bits per heavy atom. The molecule has 0 bridgehead atoms. The first-order chi connectivity index (χ1) is 7.17. The Bertz CT molecular complexity index is 274. The predicted molar refractivity (Wildman–Crippen MR) is 49.3 cm³/mol. The molecule has 1 aliphatic rings. The summed E-state index contributed by atoms with van der Waals surface area (Å²) in [5.41, 5.74) is 0. The molecule has 0 aromatic rings. The number of hydrogen-bond donors (Lipinski definition) is 0. The molecule has 5 heteroatoms. The van der Waals surface area contributed by atoms with Crippen LogP contribution in [0, 0.1) is 5.92 Å². The molecule has 0 saturated heterocycles. The summed E-state index contributed by atoms with van der Waals surface area (Å²) in [5, 5.41) is 0. The minimum atomic E-state index is -2.85. The van der Waals surface area contributed by atoms with Crippen molar-refractivity contribution in [3.63, 3.8) is 0 Å². The number of carbonyl (C=O) groups is 1. The van der Waals surface area contributed by atoms with Crippen LogP contribution in [0.4, 0.5) is 8.78 Å². The molecule has 2 unspecified atom stereocenters. The molecule has 0 spiro atoms. The lowest BCUT2D eigenvalue weighted by Gasteiger charge is -2.20. The first-order valence-corrected chi connectivity index (χ1v) is 4.48. The van der Waals surface area contributed by atoms with Gasteiger partial charge in [-0.05, 0) is 18.6 Å². The number of hydrogen-bond acceptors (Lipinski definition) is 3. The minimum Gasteiger partial charge on any atom is -0.435 e. The lowest BCUT2D eigenvalue weighted by molar-refractivity contribution is -0.118.